The van der Waals surface area contributed by atoms with E-state index in [1.807, 2.05) is 19.9 Å². The standard InChI is InChI=1S/C17H22N2O2/c1-11-7-12(2)17-15(8-11)16(21)9-13(18-17)10-19-5-3-14(20)4-6-19/h7-9,14,20H,3-6,10H2,1-2H3,(H,18,21). The molecule has 4 nitrogen and oxygen atoms in total. The van der Waals surface area contributed by atoms with Crippen LogP contribution >= 0.6 is 0 Å². The van der Waals surface area contributed by atoms with Gasteiger partial charge in [-0.3, -0.25) is 9.69 Å². The number of piperidine rings is 1. The number of hydrogen-bond acceptors (Lipinski definition) is 3. The third kappa shape index (κ3) is 3.01. The number of pyridine rings is 1. The summed E-state index contributed by atoms with van der Waals surface area (Å²) in [6.07, 6.45) is 1.47. The predicted octanol–water partition coefficient (Wildman–Crippen LogP) is 2.10. The summed E-state index contributed by atoms with van der Waals surface area (Å²) in [6, 6.07) is 5.76. The molecule has 1 aliphatic rings. The largest absolute Gasteiger partial charge is 0.393 e. The fraction of sp³-hybridized carbons (Fsp3) is 0.471. The molecule has 1 fully saturated rings. The highest BCUT2D eigenvalue weighted by atomic mass is 16.3. The molecule has 3 rings (SSSR count). The third-order valence-corrected chi connectivity index (χ3v) is 4.29. The van der Waals surface area contributed by atoms with Gasteiger partial charge in [0.25, 0.3) is 0 Å². The lowest BCUT2D eigenvalue weighted by Crippen LogP contribution is -2.35. The average Bonchev–Trinajstić information content (AvgIpc) is 2.43. The van der Waals surface area contributed by atoms with Gasteiger partial charge >= 0.3 is 0 Å². The Bertz CT molecular complexity index is 713. The van der Waals surface area contributed by atoms with Crippen LogP contribution in [-0.4, -0.2) is 34.2 Å². The van der Waals surface area contributed by atoms with E-state index in [2.05, 4.69) is 16.0 Å². The molecule has 1 aromatic carbocycles. The zero-order valence-corrected chi connectivity index (χ0v) is 12.6. The first kappa shape index (κ1) is 14.3. The summed E-state index contributed by atoms with van der Waals surface area (Å²) < 4.78 is 0. The highest BCUT2D eigenvalue weighted by molar-refractivity contribution is 5.82. The van der Waals surface area contributed by atoms with Crippen LogP contribution in [0.4, 0.5) is 0 Å². The maximum absolute atomic E-state index is 12.3. The molecule has 21 heavy (non-hydrogen) atoms. The van der Waals surface area contributed by atoms with E-state index in [4.69, 9.17) is 0 Å². The highest BCUT2D eigenvalue weighted by Crippen LogP contribution is 2.18. The zero-order valence-electron chi connectivity index (χ0n) is 12.6. The van der Waals surface area contributed by atoms with E-state index in [0.29, 0.717) is 0 Å². The fourth-order valence-corrected chi connectivity index (χ4v) is 3.16. The van der Waals surface area contributed by atoms with Gasteiger partial charge < -0.3 is 10.1 Å². The third-order valence-electron chi connectivity index (χ3n) is 4.29. The second-order valence-electron chi connectivity index (χ2n) is 6.17. The molecule has 2 N–H and O–H groups in total. The van der Waals surface area contributed by atoms with Crippen molar-refractivity contribution in [2.24, 2.45) is 0 Å². The molecule has 0 unspecified atom stereocenters. The minimum atomic E-state index is -0.165. The Kier molecular flexibility index (Phi) is 3.83. The zero-order chi connectivity index (χ0) is 15.0. The summed E-state index contributed by atoms with van der Waals surface area (Å²) in [6.45, 7) is 6.55. The van der Waals surface area contributed by atoms with E-state index in [0.717, 1.165) is 60.2 Å². The molecular weight excluding hydrogens is 264 g/mol. The normalized spacial score (nSPS) is 17.5. The number of aliphatic hydroxyl groups excluding tert-OH is 1. The van der Waals surface area contributed by atoms with Crippen LogP contribution in [0.1, 0.15) is 29.7 Å². The van der Waals surface area contributed by atoms with E-state index < -0.39 is 0 Å². The number of rotatable bonds is 2. The van der Waals surface area contributed by atoms with Crippen molar-refractivity contribution in [3.63, 3.8) is 0 Å². The number of nitrogens with zero attached hydrogens (tertiary/aromatic N) is 1. The number of benzene rings is 1. The minimum absolute atomic E-state index is 0.0857. The van der Waals surface area contributed by atoms with Gasteiger partial charge in [-0.2, -0.15) is 0 Å². The number of aryl methyl sites for hydroxylation is 2. The Morgan fingerprint density at radius 1 is 1.24 bits per heavy atom. The summed E-state index contributed by atoms with van der Waals surface area (Å²) in [7, 11) is 0. The second kappa shape index (κ2) is 5.62. The maximum atomic E-state index is 12.3. The molecule has 0 aliphatic carbocycles. The van der Waals surface area contributed by atoms with E-state index in [1.54, 1.807) is 6.07 Å². The average molecular weight is 286 g/mol. The van der Waals surface area contributed by atoms with Crippen LogP contribution in [0, 0.1) is 13.8 Å². The number of nitrogens with one attached hydrogen (secondary N) is 1. The maximum Gasteiger partial charge on any atom is 0.189 e. The van der Waals surface area contributed by atoms with Crippen molar-refractivity contribution in [2.75, 3.05) is 13.1 Å². The topological polar surface area (TPSA) is 56.3 Å². The monoisotopic (exact) mass is 286 g/mol. The second-order valence-corrected chi connectivity index (χ2v) is 6.17. The van der Waals surface area contributed by atoms with Crippen LogP contribution in [0.15, 0.2) is 23.0 Å². The van der Waals surface area contributed by atoms with Gasteiger partial charge in [-0.25, -0.2) is 0 Å². The molecule has 4 heteroatoms. The molecule has 112 valence electrons. The Morgan fingerprint density at radius 2 is 1.95 bits per heavy atom. The number of fused-ring (bicyclic) bond motifs is 1. The lowest BCUT2D eigenvalue weighted by atomic mass is 10.1. The lowest BCUT2D eigenvalue weighted by molar-refractivity contribution is 0.0787. The molecule has 2 aromatic rings. The fourth-order valence-electron chi connectivity index (χ4n) is 3.16. The van der Waals surface area contributed by atoms with Gasteiger partial charge in [0.05, 0.1) is 11.6 Å². The molecule has 1 aromatic heterocycles. The molecule has 0 radical (unpaired) electrons. The molecule has 0 bridgehead atoms. The minimum Gasteiger partial charge on any atom is -0.393 e. The van der Waals surface area contributed by atoms with Gasteiger partial charge in [-0.1, -0.05) is 6.07 Å². The van der Waals surface area contributed by atoms with Gasteiger partial charge in [0.2, 0.25) is 0 Å². The van der Waals surface area contributed by atoms with Crippen molar-refractivity contribution in [3.05, 3.63) is 45.2 Å². The Labute approximate surface area is 124 Å². The quantitative estimate of drug-likeness (QED) is 0.889. The van der Waals surface area contributed by atoms with Crippen molar-refractivity contribution in [2.45, 2.75) is 39.3 Å². The smallest absolute Gasteiger partial charge is 0.189 e. The first-order valence-corrected chi connectivity index (χ1v) is 7.56. The SMILES string of the molecule is Cc1cc(C)c2[nH]c(CN3CCC(O)CC3)cc(=O)c2c1. The van der Waals surface area contributed by atoms with Crippen LogP contribution in [-0.2, 0) is 6.54 Å². The van der Waals surface area contributed by atoms with Crippen molar-refractivity contribution >= 4 is 10.9 Å². The number of aliphatic hydroxyl groups is 1. The number of likely N-dealkylation sites (tertiary alicyclic amines) is 1. The first-order chi connectivity index (χ1) is 10.0. The molecular formula is C17H22N2O2. The molecule has 0 amide bonds. The van der Waals surface area contributed by atoms with Crippen molar-refractivity contribution < 1.29 is 5.11 Å². The highest BCUT2D eigenvalue weighted by Gasteiger charge is 2.17. The van der Waals surface area contributed by atoms with E-state index >= 15 is 0 Å². The molecule has 0 saturated carbocycles. The summed E-state index contributed by atoms with van der Waals surface area (Å²) in [5, 5.41) is 10.3. The van der Waals surface area contributed by atoms with Crippen LogP contribution in [0.5, 0.6) is 0 Å². The van der Waals surface area contributed by atoms with Gasteiger partial charge in [0.15, 0.2) is 5.43 Å². The van der Waals surface area contributed by atoms with Crippen molar-refractivity contribution in [1.82, 2.24) is 9.88 Å². The van der Waals surface area contributed by atoms with Crippen LogP contribution in [0.25, 0.3) is 10.9 Å². The molecule has 1 aliphatic heterocycles. The molecule has 0 spiro atoms. The van der Waals surface area contributed by atoms with Crippen LogP contribution in [0.3, 0.4) is 0 Å². The Hall–Kier alpha value is -1.65. The van der Waals surface area contributed by atoms with Crippen molar-refractivity contribution in [3.8, 4) is 0 Å². The Balaban J connectivity index is 1.92. The number of aromatic amines is 1. The van der Waals surface area contributed by atoms with E-state index in [-0.39, 0.29) is 11.5 Å². The van der Waals surface area contributed by atoms with Crippen molar-refractivity contribution in [1.29, 1.82) is 0 Å². The molecule has 0 atom stereocenters. The summed E-state index contributed by atoms with van der Waals surface area (Å²) in [5.74, 6) is 0. The molecule has 2 heterocycles. The Morgan fingerprint density at radius 3 is 2.67 bits per heavy atom. The van der Waals surface area contributed by atoms with Gasteiger partial charge in [0, 0.05) is 36.8 Å². The summed E-state index contributed by atoms with van der Waals surface area (Å²) in [4.78, 5) is 18.0. The van der Waals surface area contributed by atoms with Crippen LogP contribution in [0.2, 0.25) is 0 Å². The number of H-pyrrole nitrogens is 1. The van der Waals surface area contributed by atoms with Gasteiger partial charge in [-0.05, 0) is 43.9 Å². The first-order valence-electron chi connectivity index (χ1n) is 7.56. The summed E-state index contributed by atoms with van der Waals surface area (Å²) >= 11 is 0. The predicted molar refractivity (Wildman–Crippen MR) is 84.6 cm³/mol. The molecule has 1 saturated heterocycles. The lowest BCUT2D eigenvalue weighted by Gasteiger charge is -2.29. The van der Waals surface area contributed by atoms with Gasteiger partial charge in [-0.15, -0.1) is 0 Å². The van der Waals surface area contributed by atoms with Crippen LogP contribution < -0.4 is 5.43 Å². The number of aromatic nitrogens is 1. The van der Waals surface area contributed by atoms with Gasteiger partial charge in [0.1, 0.15) is 0 Å². The van der Waals surface area contributed by atoms with E-state index in [9.17, 15) is 9.90 Å². The summed E-state index contributed by atoms with van der Waals surface area (Å²) in [5.41, 5.74) is 4.21. The number of hydrogen-bond donors (Lipinski definition) is 2. The van der Waals surface area contributed by atoms with E-state index in [1.165, 1.54) is 0 Å².